The highest BCUT2D eigenvalue weighted by Crippen LogP contribution is 2.04. The van der Waals surface area contributed by atoms with Crippen molar-refractivity contribution >= 4 is 0 Å². The maximum absolute atomic E-state index is 9.29. The summed E-state index contributed by atoms with van der Waals surface area (Å²) in [6, 6.07) is 0. The Labute approximate surface area is 82.2 Å². The molecule has 0 saturated heterocycles. The average Bonchev–Trinajstić information content (AvgIpc) is 2.11. The van der Waals surface area contributed by atoms with Crippen molar-refractivity contribution in [2.45, 2.75) is 51.6 Å². The highest BCUT2D eigenvalue weighted by molar-refractivity contribution is 4.91. The maximum Gasteiger partial charge on any atom is 0.0755 e. The van der Waals surface area contributed by atoms with Crippen LogP contribution >= 0.6 is 0 Å². The summed E-state index contributed by atoms with van der Waals surface area (Å²) in [4.78, 5) is 0. The Bertz CT molecular complexity index is 138. The zero-order valence-electron chi connectivity index (χ0n) is 8.71. The molecule has 76 valence electrons. The lowest BCUT2D eigenvalue weighted by Crippen LogP contribution is -1.98. The van der Waals surface area contributed by atoms with Crippen LogP contribution in [0.2, 0.25) is 0 Å². The number of allylic oxidation sites excluding steroid dienone is 1. The van der Waals surface area contributed by atoms with Gasteiger partial charge in [-0.05, 0) is 19.3 Å². The molecule has 0 aliphatic carbocycles. The summed E-state index contributed by atoms with van der Waals surface area (Å²) in [7, 11) is 0. The van der Waals surface area contributed by atoms with E-state index in [0.717, 1.165) is 6.42 Å². The molecule has 0 unspecified atom stereocenters. The van der Waals surface area contributed by atoms with Crippen molar-refractivity contribution < 1.29 is 5.11 Å². The molecular formula is C12H22O. The molecule has 1 heteroatoms. The van der Waals surface area contributed by atoms with Crippen molar-refractivity contribution in [2.24, 2.45) is 0 Å². The van der Waals surface area contributed by atoms with E-state index in [1.54, 1.807) is 6.08 Å². The molecule has 0 aromatic rings. The Morgan fingerprint density at radius 3 is 2.69 bits per heavy atom. The molecule has 0 aromatic heterocycles. The van der Waals surface area contributed by atoms with Crippen LogP contribution in [0.25, 0.3) is 0 Å². The van der Waals surface area contributed by atoms with Gasteiger partial charge in [-0.15, -0.1) is 6.58 Å². The van der Waals surface area contributed by atoms with Crippen LogP contribution in [0.4, 0.5) is 0 Å². The lowest BCUT2D eigenvalue weighted by atomic mass is 10.1. The predicted octanol–water partition coefficient (Wildman–Crippen LogP) is 3.45. The Hall–Kier alpha value is -0.560. The molecule has 0 bridgehead atoms. The first-order valence-corrected chi connectivity index (χ1v) is 5.26. The number of hydrogen-bond donors (Lipinski definition) is 1. The van der Waals surface area contributed by atoms with Crippen LogP contribution in [0.3, 0.4) is 0 Å². The van der Waals surface area contributed by atoms with E-state index >= 15 is 0 Å². The first kappa shape index (κ1) is 12.4. The zero-order chi connectivity index (χ0) is 9.94. The third-order valence-electron chi connectivity index (χ3n) is 1.99. The molecule has 13 heavy (non-hydrogen) atoms. The van der Waals surface area contributed by atoms with Gasteiger partial charge < -0.3 is 5.11 Å². The van der Waals surface area contributed by atoms with Gasteiger partial charge in [0.1, 0.15) is 0 Å². The molecule has 1 atom stereocenters. The van der Waals surface area contributed by atoms with Gasteiger partial charge in [0.15, 0.2) is 0 Å². The van der Waals surface area contributed by atoms with Crippen LogP contribution in [0.15, 0.2) is 24.8 Å². The number of rotatable bonds is 8. The zero-order valence-corrected chi connectivity index (χ0v) is 8.71. The molecule has 0 saturated carbocycles. The molecule has 0 amide bonds. The lowest BCUT2D eigenvalue weighted by Gasteiger charge is -1.99. The fraction of sp³-hybridized carbons (Fsp3) is 0.667. The second-order valence-corrected chi connectivity index (χ2v) is 3.37. The van der Waals surface area contributed by atoms with Gasteiger partial charge in [-0.1, -0.05) is 44.4 Å². The fourth-order valence-electron chi connectivity index (χ4n) is 1.19. The van der Waals surface area contributed by atoms with Crippen molar-refractivity contribution in [1.29, 1.82) is 0 Å². The minimum atomic E-state index is -0.330. The SMILES string of the molecule is C=CC[C@@H](O)/C=C/CCCCCC. The topological polar surface area (TPSA) is 20.2 Å². The van der Waals surface area contributed by atoms with Crippen molar-refractivity contribution in [3.05, 3.63) is 24.8 Å². The van der Waals surface area contributed by atoms with Gasteiger partial charge in [0.25, 0.3) is 0 Å². The van der Waals surface area contributed by atoms with Crippen molar-refractivity contribution in [3.63, 3.8) is 0 Å². The third kappa shape index (κ3) is 9.35. The van der Waals surface area contributed by atoms with Gasteiger partial charge in [0, 0.05) is 0 Å². The summed E-state index contributed by atoms with van der Waals surface area (Å²) in [5, 5.41) is 9.29. The van der Waals surface area contributed by atoms with Gasteiger partial charge in [-0.2, -0.15) is 0 Å². The van der Waals surface area contributed by atoms with E-state index in [1.807, 2.05) is 6.08 Å². The van der Waals surface area contributed by atoms with Crippen LogP contribution < -0.4 is 0 Å². The second-order valence-electron chi connectivity index (χ2n) is 3.37. The van der Waals surface area contributed by atoms with Crippen molar-refractivity contribution in [1.82, 2.24) is 0 Å². The van der Waals surface area contributed by atoms with E-state index in [1.165, 1.54) is 25.7 Å². The summed E-state index contributed by atoms with van der Waals surface area (Å²) in [6.45, 7) is 5.79. The fourth-order valence-corrected chi connectivity index (χ4v) is 1.19. The Morgan fingerprint density at radius 1 is 1.31 bits per heavy atom. The van der Waals surface area contributed by atoms with E-state index in [4.69, 9.17) is 0 Å². The summed E-state index contributed by atoms with van der Waals surface area (Å²) in [5.74, 6) is 0. The average molecular weight is 182 g/mol. The lowest BCUT2D eigenvalue weighted by molar-refractivity contribution is 0.226. The summed E-state index contributed by atoms with van der Waals surface area (Å²) < 4.78 is 0. The van der Waals surface area contributed by atoms with Crippen LogP contribution in [0, 0.1) is 0 Å². The molecular weight excluding hydrogens is 160 g/mol. The van der Waals surface area contributed by atoms with E-state index < -0.39 is 0 Å². The van der Waals surface area contributed by atoms with E-state index in [-0.39, 0.29) is 6.10 Å². The van der Waals surface area contributed by atoms with Gasteiger partial charge in [0.2, 0.25) is 0 Å². The molecule has 0 heterocycles. The minimum Gasteiger partial charge on any atom is -0.389 e. The largest absolute Gasteiger partial charge is 0.389 e. The number of aliphatic hydroxyl groups is 1. The highest BCUT2D eigenvalue weighted by atomic mass is 16.3. The molecule has 0 aliphatic rings. The minimum absolute atomic E-state index is 0.330. The van der Waals surface area contributed by atoms with Crippen LogP contribution in [-0.2, 0) is 0 Å². The van der Waals surface area contributed by atoms with Crippen LogP contribution in [0.1, 0.15) is 45.4 Å². The summed E-state index contributed by atoms with van der Waals surface area (Å²) in [5.41, 5.74) is 0. The first-order chi connectivity index (χ1) is 6.31. The Morgan fingerprint density at radius 2 is 2.08 bits per heavy atom. The molecule has 0 rings (SSSR count). The number of unbranched alkanes of at least 4 members (excludes halogenated alkanes) is 4. The highest BCUT2D eigenvalue weighted by Gasteiger charge is 1.92. The Balaban J connectivity index is 3.24. The monoisotopic (exact) mass is 182 g/mol. The molecule has 0 radical (unpaired) electrons. The molecule has 0 fully saturated rings. The van der Waals surface area contributed by atoms with Crippen LogP contribution in [0.5, 0.6) is 0 Å². The van der Waals surface area contributed by atoms with Gasteiger partial charge in [-0.25, -0.2) is 0 Å². The predicted molar refractivity (Wildman–Crippen MR) is 58.7 cm³/mol. The first-order valence-electron chi connectivity index (χ1n) is 5.26. The maximum atomic E-state index is 9.29. The third-order valence-corrected chi connectivity index (χ3v) is 1.99. The van der Waals surface area contributed by atoms with Crippen molar-refractivity contribution in [3.8, 4) is 0 Å². The Kier molecular flexibility index (Phi) is 9.12. The van der Waals surface area contributed by atoms with E-state index in [2.05, 4.69) is 19.6 Å². The van der Waals surface area contributed by atoms with Gasteiger partial charge >= 0.3 is 0 Å². The van der Waals surface area contributed by atoms with Crippen molar-refractivity contribution in [2.75, 3.05) is 0 Å². The van der Waals surface area contributed by atoms with Crippen LogP contribution in [-0.4, -0.2) is 11.2 Å². The van der Waals surface area contributed by atoms with E-state index in [9.17, 15) is 5.11 Å². The number of aliphatic hydroxyl groups excluding tert-OH is 1. The summed E-state index contributed by atoms with van der Waals surface area (Å²) in [6.07, 6.45) is 12.3. The molecule has 0 aromatic carbocycles. The molecule has 1 N–H and O–H groups in total. The molecule has 0 aliphatic heterocycles. The molecule has 1 nitrogen and oxygen atoms in total. The smallest absolute Gasteiger partial charge is 0.0755 e. The standard InChI is InChI=1S/C12H22O/c1-3-5-6-7-8-9-11-12(13)10-4-2/h4,9,11-13H,2-3,5-8,10H2,1H3/b11-9+/t12-/m1/s1. The van der Waals surface area contributed by atoms with E-state index in [0.29, 0.717) is 6.42 Å². The molecule has 0 spiro atoms. The normalized spacial score (nSPS) is 13.4. The quantitative estimate of drug-likeness (QED) is 0.450. The second kappa shape index (κ2) is 9.53. The summed E-state index contributed by atoms with van der Waals surface area (Å²) >= 11 is 0. The van der Waals surface area contributed by atoms with Gasteiger partial charge in [0.05, 0.1) is 6.10 Å². The number of hydrogen-bond acceptors (Lipinski definition) is 1. The van der Waals surface area contributed by atoms with Gasteiger partial charge in [-0.3, -0.25) is 0 Å².